The third-order valence-electron chi connectivity index (χ3n) is 2.50. The van der Waals surface area contributed by atoms with Crippen LogP contribution in [-0.2, 0) is 11.4 Å². The van der Waals surface area contributed by atoms with Gasteiger partial charge >= 0.3 is 0 Å². The smallest absolute Gasteiger partial charge is 0.261 e. The van der Waals surface area contributed by atoms with Crippen molar-refractivity contribution >= 4 is 5.91 Å². The van der Waals surface area contributed by atoms with Crippen molar-refractivity contribution in [1.29, 1.82) is 0 Å². The van der Waals surface area contributed by atoms with Crippen molar-refractivity contribution < 1.29 is 19.4 Å². The lowest BCUT2D eigenvalue weighted by Crippen LogP contribution is -2.36. The number of hydrogen-bond acceptors (Lipinski definition) is 4. The van der Waals surface area contributed by atoms with Crippen molar-refractivity contribution in [3.63, 3.8) is 0 Å². The van der Waals surface area contributed by atoms with E-state index < -0.39 is 6.10 Å². The van der Waals surface area contributed by atoms with Gasteiger partial charge in [-0.25, -0.2) is 0 Å². The molecule has 0 aliphatic rings. The van der Waals surface area contributed by atoms with E-state index in [1.54, 1.807) is 31.2 Å². The minimum atomic E-state index is -0.664. The summed E-state index contributed by atoms with van der Waals surface area (Å²) in [5.41, 5.74) is 0.689. The number of rotatable bonds is 7. The lowest BCUT2D eigenvalue weighted by molar-refractivity contribution is -0.127. The number of hydrogen-bond donors (Lipinski definition) is 2. The Morgan fingerprint density at radius 1 is 1.53 bits per heavy atom. The molecule has 1 aromatic carbocycles. The van der Waals surface area contributed by atoms with E-state index in [4.69, 9.17) is 14.6 Å². The molecule has 104 valence electrons. The molecule has 1 aromatic rings. The van der Waals surface area contributed by atoms with E-state index in [0.717, 1.165) is 0 Å². The fourth-order valence-electron chi connectivity index (χ4n) is 1.47. The molecule has 1 amide bonds. The summed E-state index contributed by atoms with van der Waals surface area (Å²) in [6.45, 7) is 5.45. The Kier molecular flexibility index (Phi) is 5.89. The second-order valence-electron chi connectivity index (χ2n) is 3.94. The Hall–Kier alpha value is -2.01. The Morgan fingerprint density at radius 3 is 2.84 bits per heavy atom. The van der Waals surface area contributed by atoms with Crippen molar-refractivity contribution in [1.82, 2.24) is 5.32 Å². The number of aliphatic hydroxyl groups excluding tert-OH is 1. The van der Waals surface area contributed by atoms with Gasteiger partial charge in [-0.05, 0) is 24.6 Å². The average molecular weight is 265 g/mol. The molecule has 0 aliphatic carbocycles. The standard InChI is InChI=1S/C14H19NO4/c1-4-7-15-14(17)10(2)19-13-8-11(9-16)5-6-12(13)18-3/h4-6,8,10,16H,1,7,9H2,2-3H3,(H,15,17). The zero-order chi connectivity index (χ0) is 14.3. The molecule has 19 heavy (non-hydrogen) atoms. The van der Waals surface area contributed by atoms with Crippen LogP contribution < -0.4 is 14.8 Å². The first-order valence-electron chi connectivity index (χ1n) is 5.95. The molecule has 0 radical (unpaired) electrons. The second-order valence-corrected chi connectivity index (χ2v) is 3.94. The van der Waals surface area contributed by atoms with Gasteiger partial charge in [0, 0.05) is 6.54 Å². The molecule has 1 unspecified atom stereocenters. The fraction of sp³-hybridized carbons (Fsp3) is 0.357. The molecule has 1 rings (SSSR count). The minimum absolute atomic E-state index is 0.0998. The highest BCUT2D eigenvalue weighted by molar-refractivity contribution is 5.80. The molecule has 0 saturated carbocycles. The number of carbonyl (C=O) groups is 1. The maximum Gasteiger partial charge on any atom is 0.261 e. The molecule has 0 fully saturated rings. The first kappa shape index (κ1) is 15.0. The topological polar surface area (TPSA) is 67.8 Å². The van der Waals surface area contributed by atoms with Gasteiger partial charge in [0.2, 0.25) is 0 Å². The molecule has 0 aliphatic heterocycles. The fourth-order valence-corrected chi connectivity index (χ4v) is 1.47. The van der Waals surface area contributed by atoms with Crippen molar-refractivity contribution in [3.05, 3.63) is 36.4 Å². The Balaban J connectivity index is 2.79. The van der Waals surface area contributed by atoms with Gasteiger partial charge in [0.1, 0.15) is 0 Å². The maximum atomic E-state index is 11.7. The molecule has 1 atom stereocenters. The summed E-state index contributed by atoms with van der Waals surface area (Å²) in [5, 5.41) is 11.7. The monoisotopic (exact) mass is 265 g/mol. The summed E-state index contributed by atoms with van der Waals surface area (Å²) in [6, 6.07) is 5.07. The van der Waals surface area contributed by atoms with Gasteiger partial charge in [-0.2, -0.15) is 0 Å². The van der Waals surface area contributed by atoms with Crippen LogP contribution in [0.5, 0.6) is 11.5 Å². The molecule has 0 saturated heterocycles. The molecule has 0 spiro atoms. The van der Waals surface area contributed by atoms with Crippen molar-refractivity contribution in [2.45, 2.75) is 19.6 Å². The quantitative estimate of drug-likeness (QED) is 0.728. The van der Waals surface area contributed by atoms with E-state index >= 15 is 0 Å². The van der Waals surface area contributed by atoms with E-state index in [9.17, 15) is 4.79 Å². The molecule has 5 heteroatoms. The molecule has 0 bridgehead atoms. The van der Waals surface area contributed by atoms with Crippen LogP contribution in [0.3, 0.4) is 0 Å². The molecule has 0 aromatic heterocycles. The second kappa shape index (κ2) is 7.43. The summed E-state index contributed by atoms with van der Waals surface area (Å²) >= 11 is 0. The number of ether oxygens (including phenoxy) is 2. The summed E-state index contributed by atoms with van der Waals surface area (Å²) in [6.07, 6.45) is 0.931. The molecule has 5 nitrogen and oxygen atoms in total. The highest BCUT2D eigenvalue weighted by Crippen LogP contribution is 2.29. The number of methoxy groups -OCH3 is 1. The van der Waals surface area contributed by atoms with Crippen LogP contribution in [0.25, 0.3) is 0 Å². The predicted octanol–water partition coefficient (Wildman–Crippen LogP) is 1.26. The van der Waals surface area contributed by atoms with Gasteiger partial charge < -0.3 is 19.9 Å². The van der Waals surface area contributed by atoms with Crippen LogP contribution >= 0.6 is 0 Å². The average Bonchev–Trinajstić information content (AvgIpc) is 2.44. The maximum absolute atomic E-state index is 11.7. The summed E-state index contributed by atoms with van der Waals surface area (Å²) < 4.78 is 10.7. The van der Waals surface area contributed by atoms with Gasteiger partial charge in [0.05, 0.1) is 13.7 Å². The van der Waals surface area contributed by atoms with Crippen molar-refractivity contribution in [2.24, 2.45) is 0 Å². The van der Waals surface area contributed by atoms with E-state index in [2.05, 4.69) is 11.9 Å². The summed E-state index contributed by atoms with van der Waals surface area (Å²) in [7, 11) is 1.52. The molecule has 0 heterocycles. The highest BCUT2D eigenvalue weighted by Gasteiger charge is 2.16. The number of amides is 1. The van der Waals surface area contributed by atoms with Gasteiger partial charge in [0.25, 0.3) is 5.91 Å². The highest BCUT2D eigenvalue weighted by atomic mass is 16.5. The van der Waals surface area contributed by atoms with Crippen LogP contribution in [-0.4, -0.2) is 30.8 Å². The van der Waals surface area contributed by atoms with Gasteiger partial charge in [-0.1, -0.05) is 12.1 Å². The van der Waals surface area contributed by atoms with Crippen LogP contribution in [0, 0.1) is 0 Å². The summed E-state index contributed by atoms with van der Waals surface area (Å²) in [4.78, 5) is 11.7. The molecule has 2 N–H and O–H groups in total. The van der Waals surface area contributed by atoms with E-state index in [1.165, 1.54) is 7.11 Å². The zero-order valence-corrected chi connectivity index (χ0v) is 11.2. The van der Waals surface area contributed by atoms with Crippen molar-refractivity contribution in [2.75, 3.05) is 13.7 Å². The Morgan fingerprint density at radius 2 is 2.26 bits per heavy atom. The largest absolute Gasteiger partial charge is 0.493 e. The van der Waals surface area contributed by atoms with Crippen LogP contribution in [0.1, 0.15) is 12.5 Å². The van der Waals surface area contributed by atoms with Crippen LogP contribution in [0.2, 0.25) is 0 Å². The lowest BCUT2D eigenvalue weighted by atomic mass is 10.2. The van der Waals surface area contributed by atoms with E-state index in [1.807, 2.05) is 0 Å². The third-order valence-corrected chi connectivity index (χ3v) is 2.50. The number of carbonyl (C=O) groups excluding carboxylic acids is 1. The van der Waals surface area contributed by atoms with E-state index in [0.29, 0.717) is 23.6 Å². The van der Waals surface area contributed by atoms with E-state index in [-0.39, 0.29) is 12.5 Å². The Labute approximate surface area is 112 Å². The first-order chi connectivity index (χ1) is 9.12. The lowest BCUT2D eigenvalue weighted by Gasteiger charge is -2.17. The van der Waals surface area contributed by atoms with Gasteiger partial charge in [-0.3, -0.25) is 4.79 Å². The normalized spacial score (nSPS) is 11.5. The minimum Gasteiger partial charge on any atom is -0.493 e. The number of aliphatic hydroxyl groups is 1. The van der Waals surface area contributed by atoms with Crippen LogP contribution in [0.4, 0.5) is 0 Å². The Bertz CT molecular complexity index is 445. The first-order valence-corrected chi connectivity index (χ1v) is 5.95. The van der Waals surface area contributed by atoms with Gasteiger partial charge in [-0.15, -0.1) is 6.58 Å². The SMILES string of the molecule is C=CCNC(=O)C(C)Oc1cc(CO)ccc1OC. The number of benzene rings is 1. The summed E-state index contributed by atoms with van der Waals surface area (Å²) in [5.74, 6) is 0.701. The van der Waals surface area contributed by atoms with Crippen molar-refractivity contribution in [3.8, 4) is 11.5 Å². The predicted molar refractivity (Wildman–Crippen MR) is 72.2 cm³/mol. The zero-order valence-electron chi connectivity index (χ0n) is 11.2. The van der Waals surface area contributed by atoms with Gasteiger partial charge in [0.15, 0.2) is 17.6 Å². The van der Waals surface area contributed by atoms with Crippen LogP contribution in [0.15, 0.2) is 30.9 Å². The third kappa shape index (κ3) is 4.30. The molecular weight excluding hydrogens is 246 g/mol. The molecular formula is C14H19NO4. The number of nitrogens with one attached hydrogen (secondary N) is 1.